The Bertz CT molecular complexity index is 1070. The van der Waals surface area contributed by atoms with E-state index < -0.39 is 11.2 Å². The van der Waals surface area contributed by atoms with Gasteiger partial charge in [0.2, 0.25) is 11.8 Å². The molecule has 0 bridgehead atoms. The summed E-state index contributed by atoms with van der Waals surface area (Å²) in [6, 6.07) is 14.0. The van der Waals surface area contributed by atoms with Crippen molar-refractivity contribution in [1.29, 1.82) is 0 Å². The van der Waals surface area contributed by atoms with Crippen molar-refractivity contribution in [2.45, 2.75) is 25.5 Å². The van der Waals surface area contributed by atoms with Gasteiger partial charge in [-0.1, -0.05) is 39.8 Å². The zero-order valence-corrected chi connectivity index (χ0v) is 19.8. The lowest BCUT2D eigenvalue weighted by Crippen LogP contribution is -2.41. The van der Waals surface area contributed by atoms with E-state index >= 15 is 0 Å². The first-order valence-electron chi connectivity index (χ1n) is 9.78. The van der Waals surface area contributed by atoms with Crippen molar-refractivity contribution >= 4 is 62.0 Å². The van der Waals surface area contributed by atoms with E-state index in [4.69, 9.17) is 4.74 Å². The van der Waals surface area contributed by atoms with Gasteiger partial charge in [0.25, 0.3) is 0 Å². The number of carbonyl (C=O) groups is 3. The second-order valence-electron chi connectivity index (χ2n) is 6.74. The Morgan fingerprint density at radius 3 is 2.47 bits per heavy atom. The van der Waals surface area contributed by atoms with Gasteiger partial charge < -0.3 is 15.4 Å². The predicted molar refractivity (Wildman–Crippen MR) is 129 cm³/mol. The van der Waals surface area contributed by atoms with E-state index in [0.29, 0.717) is 17.0 Å². The summed E-state index contributed by atoms with van der Waals surface area (Å²) < 4.78 is 5.90. The summed E-state index contributed by atoms with van der Waals surface area (Å²) in [5.41, 5.74) is 2.47. The predicted octanol–water partition coefficient (Wildman–Crippen LogP) is 3.97. The molecule has 2 aromatic carbocycles. The van der Waals surface area contributed by atoms with Gasteiger partial charge in [-0.2, -0.15) is 5.10 Å². The number of hydrogen-bond acceptors (Lipinski definition) is 7. The number of nitrogens with one attached hydrogen (secondary N) is 2. The first-order valence-corrected chi connectivity index (χ1v) is 11.5. The summed E-state index contributed by atoms with van der Waals surface area (Å²) in [4.78, 5) is 36.5. The summed E-state index contributed by atoms with van der Waals surface area (Å²) in [5, 5.41) is 13.3. The van der Waals surface area contributed by atoms with Gasteiger partial charge >= 0.3 is 5.97 Å². The fourth-order valence-corrected chi connectivity index (χ4v) is 3.93. The molecular weight excluding hydrogens is 496 g/mol. The van der Waals surface area contributed by atoms with Crippen molar-refractivity contribution in [1.82, 2.24) is 5.32 Å². The van der Waals surface area contributed by atoms with Crippen LogP contribution in [-0.2, 0) is 14.3 Å². The molecule has 0 radical (unpaired) electrons. The molecule has 3 rings (SSSR count). The van der Waals surface area contributed by atoms with E-state index in [-0.39, 0.29) is 30.0 Å². The molecular formula is C22H21BrN4O4S. The second kappa shape index (κ2) is 11.1. The molecule has 2 N–H and O–H groups in total. The molecule has 1 aliphatic rings. The van der Waals surface area contributed by atoms with Crippen LogP contribution in [-0.4, -0.2) is 40.5 Å². The van der Waals surface area contributed by atoms with Crippen LogP contribution in [0.3, 0.4) is 0 Å². The van der Waals surface area contributed by atoms with E-state index in [1.54, 1.807) is 31.2 Å². The van der Waals surface area contributed by atoms with Crippen LogP contribution in [0.5, 0.6) is 0 Å². The van der Waals surface area contributed by atoms with Crippen LogP contribution in [0.15, 0.2) is 63.2 Å². The van der Waals surface area contributed by atoms with Crippen molar-refractivity contribution in [2.75, 3.05) is 11.9 Å². The Labute approximate surface area is 198 Å². The molecule has 8 nitrogen and oxygen atoms in total. The average Bonchev–Trinajstić information content (AvgIpc) is 2.78. The zero-order valence-electron chi connectivity index (χ0n) is 17.4. The highest BCUT2D eigenvalue weighted by molar-refractivity contribution is 9.10. The number of esters is 1. The van der Waals surface area contributed by atoms with Gasteiger partial charge in [-0.25, -0.2) is 4.79 Å². The van der Waals surface area contributed by atoms with Crippen LogP contribution in [0.4, 0.5) is 5.69 Å². The minimum Gasteiger partial charge on any atom is -0.462 e. The average molecular weight is 517 g/mol. The molecule has 2 aromatic rings. The smallest absolute Gasteiger partial charge is 0.338 e. The van der Waals surface area contributed by atoms with Crippen LogP contribution in [0.2, 0.25) is 0 Å². The first kappa shape index (κ1) is 23.7. The van der Waals surface area contributed by atoms with Gasteiger partial charge in [0.15, 0.2) is 5.17 Å². The number of anilines is 1. The summed E-state index contributed by atoms with van der Waals surface area (Å²) in [7, 11) is 0. The first-order chi connectivity index (χ1) is 15.4. The summed E-state index contributed by atoms with van der Waals surface area (Å²) in [6.07, 6.45) is 0.0197. The van der Waals surface area contributed by atoms with Gasteiger partial charge in [-0.15, -0.1) is 5.10 Å². The molecule has 32 heavy (non-hydrogen) atoms. The molecule has 1 aliphatic heterocycles. The fourth-order valence-electron chi connectivity index (χ4n) is 2.74. The van der Waals surface area contributed by atoms with Crippen molar-refractivity contribution < 1.29 is 19.1 Å². The summed E-state index contributed by atoms with van der Waals surface area (Å²) >= 11 is 4.52. The quantitative estimate of drug-likeness (QED) is 0.343. The normalized spacial score (nSPS) is 17.6. The number of rotatable bonds is 6. The Morgan fingerprint density at radius 1 is 1.16 bits per heavy atom. The summed E-state index contributed by atoms with van der Waals surface area (Å²) in [5.74, 6) is -1.07. The van der Waals surface area contributed by atoms with Crippen molar-refractivity contribution in [2.24, 2.45) is 10.2 Å². The third-order valence-corrected chi connectivity index (χ3v) is 5.98. The third kappa shape index (κ3) is 6.51. The number of benzene rings is 2. The van der Waals surface area contributed by atoms with Crippen LogP contribution in [0, 0.1) is 0 Å². The maximum atomic E-state index is 12.7. The maximum Gasteiger partial charge on any atom is 0.338 e. The molecule has 1 saturated heterocycles. The number of amides is 2. The van der Waals surface area contributed by atoms with Crippen LogP contribution in [0.1, 0.15) is 36.2 Å². The molecule has 1 unspecified atom stereocenters. The molecule has 1 heterocycles. The topological polar surface area (TPSA) is 109 Å². The minimum atomic E-state index is -0.657. The van der Waals surface area contributed by atoms with E-state index in [2.05, 4.69) is 36.8 Å². The standard InChI is InChI=1S/C22H21BrN4O4S/c1-3-31-21(30)15-6-10-17(11-7-15)24-20(29)18-12-19(28)25-22(32-18)27-26-13(2)14-4-8-16(23)9-5-14/h4-11,18H,3,12H2,1-2H3,(H,24,29)(H,25,27,28)/b26-13+. The van der Waals surface area contributed by atoms with E-state index in [1.165, 1.54) is 0 Å². The van der Waals surface area contributed by atoms with Gasteiger partial charge in [-0.3, -0.25) is 9.59 Å². The number of hydrogen-bond donors (Lipinski definition) is 2. The largest absolute Gasteiger partial charge is 0.462 e. The minimum absolute atomic E-state index is 0.0197. The van der Waals surface area contributed by atoms with Gasteiger partial charge in [0, 0.05) is 16.6 Å². The maximum absolute atomic E-state index is 12.7. The number of carbonyl (C=O) groups excluding carboxylic acids is 3. The van der Waals surface area contributed by atoms with Crippen molar-refractivity contribution in [3.63, 3.8) is 0 Å². The molecule has 1 fully saturated rings. The SMILES string of the molecule is CCOC(=O)c1ccc(NC(=O)C2CC(=O)N/C(=N\N=C(/C)c3ccc(Br)cc3)S2)cc1. The Kier molecular flexibility index (Phi) is 8.18. The van der Waals surface area contributed by atoms with E-state index in [0.717, 1.165) is 21.8 Å². The second-order valence-corrected chi connectivity index (χ2v) is 8.85. The molecule has 0 aromatic heterocycles. The fraction of sp³-hybridized carbons (Fsp3) is 0.227. The summed E-state index contributed by atoms with van der Waals surface area (Å²) in [6.45, 7) is 3.83. The highest BCUT2D eigenvalue weighted by Gasteiger charge is 2.30. The number of nitrogens with zero attached hydrogens (tertiary/aromatic N) is 2. The van der Waals surface area contributed by atoms with Crippen LogP contribution >= 0.6 is 27.7 Å². The number of ether oxygens (including phenoxy) is 1. The zero-order chi connectivity index (χ0) is 23.1. The molecule has 2 amide bonds. The molecule has 10 heteroatoms. The van der Waals surface area contributed by atoms with Crippen LogP contribution in [0.25, 0.3) is 0 Å². The number of thioether (sulfide) groups is 1. The molecule has 1 atom stereocenters. The van der Waals surface area contributed by atoms with Crippen LogP contribution < -0.4 is 10.6 Å². The van der Waals surface area contributed by atoms with E-state index in [9.17, 15) is 14.4 Å². The monoisotopic (exact) mass is 516 g/mol. The molecule has 0 aliphatic carbocycles. The third-order valence-electron chi connectivity index (χ3n) is 4.38. The number of amidine groups is 1. The highest BCUT2D eigenvalue weighted by Crippen LogP contribution is 2.23. The van der Waals surface area contributed by atoms with Crippen molar-refractivity contribution in [3.05, 3.63) is 64.1 Å². The molecule has 0 spiro atoms. The van der Waals surface area contributed by atoms with Gasteiger partial charge in [0.1, 0.15) is 5.25 Å². The Morgan fingerprint density at radius 2 is 1.81 bits per heavy atom. The lowest BCUT2D eigenvalue weighted by atomic mass is 10.1. The lowest BCUT2D eigenvalue weighted by Gasteiger charge is -2.21. The van der Waals surface area contributed by atoms with E-state index in [1.807, 2.05) is 31.2 Å². The van der Waals surface area contributed by atoms with Gasteiger partial charge in [-0.05, 0) is 55.8 Å². The van der Waals surface area contributed by atoms with Crippen molar-refractivity contribution in [3.8, 4) is 0 Å². The highest BCUT2D eigenvalue weighted by atomic mass is 79.9. The number of halogens is 1. The Hall–Kier alpha value is -2.98. The van der Waals surface area contributed by atoms with Gasteiger partial charge in [0.05, 0.1) is 17.9 Å². The lowest BCUT2D eigenvalue weighted by molar-refractivity contribution is -0.123. The Balaban J connectivity index is 1.65. The molecule has 166 valence electrons. The molecule has 0 saturated carbocycles.